The van der Waals surface area contributed by atoms with Gasteiger partial charge in [-0.05, 0) is 6.92 Å². The van der Waals surface area contributed by atoms with Crippen LogP contribution in [0.25, 0.3) is 5.65 Å². The maximum Gasteiger partial charge on any atom is 0.254 e. The Morgan fingerprint density at radius 2 is 2.27 bits per heavy atom. The van der Waals surface area contributed by atoms with Crippen LogP contribution in [0.5, 0.6) is 0 Å². The van der Waals surface area contributed by atoms with Crippen molar-refractivity contribution in [2.75, 3.05) is 6.54 Å². The van der Waals surface area contributed by atoms with E-state index >= 15 is 0 Å². The minimum atomic E-state index is -0.170. The van der Waals surface area contributed by atoms with Gasteiger partial charge in [-0.25, -0.2) is 9.50 Å². The van der Waals surface area contributed by atoms with E-state index in [2.05, 4.69) is 25.6 Å². The number of carbonyl (C=O) groups is 1. The van der Waals surface area contributed by atoms with Crippen LogP contribution in [0.1, 0.15) is 34.7 Å². The van der Waals surface area contributed by atoms with Gasteiger partial charge in [0.25, 0.3) is 5.91 Å². The summed E-state index contributed by atoms with van der Waals surface area (Å²) < 4.78 is 3.50. The third-order valence-electron chi connectivity index (χ3n) is 3.66. The molecule has 0 aliphatic carbocycles. The van der Waals surface area contributed by atoms with Gasteiger partial charge in [-0.15, -0.1) is 10.2 Å². The first-order valence-corrected chi connectivity index (χ1v) is 6.99. The first-order chi connectivity index (χ1) is 10.6. The Labute approximate surface area is 127 Å². The molecule has 0 saturated heterocycles. The minimum Gasteiger partial charge on any atom is -0.351 e. The molecule has 114 valence electrons. The van der Waals surface area contributed by atoms with E-state index in [0.717, 1.165) is 17.2 Å². The van der Waals surface area contributed by atoms with Crippen molar-refractivity contribution in [2.24, 2.45) is 7.05 Å². The van der Waals surface area contributed by atoms with Crippen molar-refractivity contribution in [3.05, 3.63) is 41.9 Å². The molecule has 8 heteroatoms. The lowest BCUT2D eigenvalue weighted by molar-refractivity contribution is 0.0949. The lowest BCUT2D eigenvalue weighted by Crippen LogP contribution is -2.29. The van der Waals surface area contributed by atoms with Crippen molar-refractivity contribution < 1.29 is 4.79 Å². The van der Waals surface area contributed by atoms with E-state index in [1.165, 1.54) is 0 Å². The van der Waals surface area contributed by atoms with Gasteiger partial charge in [-0.3, -0.25) is 4.79 Å². The molecule has 0 saturated carbocycles. The van der Waals surface area contributed by atoms with Crippen LogP contribution in [-0.4, -0.2) is 41.8 Å². The molecule has 0 aliphatic rings. The smallest absolute Gasteiger partial charge is 0.254 e. The molecular formula is C14H17N7O. The molecule has 0 bridgehead atoms. The third kappa shape index (κ3) is 2.43. The van der Waals surface area contributed by atoms with Gasteiger partial charge in [0.05, 0.1) is 17.5 Å². The predicted octanol–water partition coefficient (Wildman–Crippen LogP) is 0.700. The van der Waals surface area contributed by atoms with Crippen molar-refractivity contribution in [1.82, 2.24) is 34.7 Å². The lowest BCUT2D eigenvalue weighted by Gasteiger charge is -2.13. The highest BCUT2D eigenvalue weighted by atomic mass is 16.1. The highest BCUT2D eigenvalue weighted by Crippen LogP contribution is 2.12. The summed E-state index contributed by atoms with van der Waals surface area (Å²) in [5.41, 5.74) is 2.00. The van der Waals surface area contributed by atoms with Gasteiger partial charge in [0.1, 0.15) is 12.2 Å². The van der Waals surface area contributed by atoms with Crippen molar-refractivity contribution in [3.63, 3.8) is 0 Å². The number of aromatic nitrogens is 6. The summed E-state index contributed by atoms with van der Waals surface area (Å²) in [6, 6.07) is 1.80. The summed E-state index contributed by atoms with van der Waals surface area (Å²) in [6.45, 7) is 4.32. The van der Waals surface area contributed by atoms with Crippen LogP contribution in [0.15, 0.2) is 24.8 Å². The van der Waals surface area contributed by atoms with Crippen molar-refractivity contribution >= 4 is 11.6 Å². The zero-order chi connectivity index (χ0) is 15.7. The van der Waals surface area contributed by atoms with Gasteiger partial charge in [-0.2, -0.15) is 5.10 Å². The van der Waals surface area contributed by atoms with Crippen LogP contribution in [0.3, 0.4) is 0 Å². The summed E-state index contributed by atoms with van der Waals surface area (Å²) in [4.78, 5) is 16.6. The van der Waals surface area contributed by atoms with Crippen molar-refractivity contribution in [3.8, 4) is 0 Å². The number of carbonyl (C=O) groups excluding carboxylic acids is 1. The van der Waals surface area contributed by atoms with Gasteiger partial charge < -0.3 is 9.88 Å². The van der Waals surface area contributed by atoms with E-state index in [4.69, 9.17) is 0 Å². The second-order valence-electron chi connectivity index (χ2n) is 5.27. The standard InChI is InChI=1S/C14H17N7O/c1-9(13-19-17-8-20(13)3)6-16-14(22)11-7-15-12-4-5-18-21(12)10(11)2/h4-5,7-9H,6H2,1-3H3,(H,16,22). The number of hydrogen-bond acceptors (Lipinski definition) is 5. The Morgan fingerprint density at radius 1 is 1.45 bits per heavy atom. The normalized spacial score (nSPS) is 12.5. The highest BCUT2D eigenvalue weighted by Gasteiger charge is 2.16. The van der Waals surface area contributed by atoms with E-state index in [1.54, 1.807) is 29.3 Å². The summed E-state index contributed by atoms with van der Waals surface area (Å²) in [5.74, 6) is 0.729. The number of nitrogens with one attached hydrogen (secondary N) is 1. The summed E-state index contributed by atoms with van der Waals surface area (Å²) in [7, 11) is 1.88. The van der Waals surface area contributed by atoms with E-state index < -0.39 is 0 Å². The fourth-order valence-corrected chi connectivity index (χ4v) is 2.38. The molecule has 1 N–H and O–H groups in total. The van der Waals surface area contributed by atoms with E-state index in [1.807, 2.05) is 25.5 Å². The first-order valence-electron chi connectivity index (χ1n) is 6.99. The Hall–Kier alpha value is -2.77. The molecule has 0 spiro atoms. The zero-order valence-electron chi connectivity index (χ0n) is 12.7. The van der Waals surface area contributed by atoms with Gasteiger partial charge in [0, 0.05) is 31.8 Å². The molecule has 3 aromatic rings. The number of aryl methyl sites for hydroxylation is 2. The molecule has 8 nitrogen and oxygen atoms in total. The molecule has 3 heterocycles. The van der Waals surface area contributed by atoms with E-state index in [9.17, 15) is 4.79 Å². The maximum atomic E-state index is 12.4. The Bertz CT molecular complexity index is 820. The number of rotatable bonds is 4. The molecule has 3 aromatic heterocycles. The second-order valence-corrected chi connectivity index (χ2v) is 5.27. The van der Waals surface area contributed by atoms with Crippen LogP contribution in [-0.2, 0) is 7.05 Å². The third-order valence-corrected chi connectivity index (χ3v) is 3.66. The average molecular weight is 299 g/mol. The van der Waals surface area contributed by atoms with Crippen LogP contribution in [0, 0.1) is 6.92 Å². The topological polar surface area (TPSA) is 90.0 Å². The average Bonchev–Trinajstić information content (AvgIpc) is 3.13. The molecule has 1 unspecified atom stereocenters. The molecular weight excluding hydrogens is 282 g/mol. The van der Waals surface area contributed by atoms with Crippen LogP contribution in [0.2, 0.25) is 0 Å². The molecule has 3 rings (SSSR count). The fourth-order valence-electron chi connectivity index (χ4n) is 2.38. The van der Waals surface area contributed by atoms with Gasteiger partial charge in [-0.1, -0.05) is 6.92 Å². The summed E-state index contributed by atoms with van der Waals surface area (Å²) in [5, 5.41) is 15.0. The molecule has 22 heavy (non-hydrogen) atoms. The monoisotopic (exact) mass is 299 g/mol. The molecule has 1 atom stereocenters. The summed E-state index contributed by atoms with van der Waals surface area (Å²) in [6.07, 6.45) is 4.88. The quantitative estimate of drug-likeness (QED) is 0.766. The first kappa shape index (κ1) is 14.2. The number of hydrogen-bond donors (Lipinski definition) is 1. The molecule has 0 aliphatic heterocycles. The molecule has 0 aromatic carbocycles. The number of nitrogens with zero attached hydrogens (tertiary/aromatic N) is 6. The second kappa shape index (κ2) is 5.55. The maximum absolute atomic E-state index is 12.4. The molecule has 0 fully saturated rings. The van der Waals surface area contributed by atoms with Gasteiger partial charge in [0.15, 0.2) is 5.65 Å². The Kier molecular flexibility index (Phi) is 3.58. The minimum absolute atomic E-state index is 0.0677. The van der Waals surface area contributed by atoms with E-state index in [-0.39, 0.29) is 11.8 Å². The lowest BCUT2D eigenvalue weighted by atomic mass is 10.1. The number of fused-ring (bicyclic) bond motifs is 1. The Balaban J connectivity index is 1.73. The zero-order valence-corrected chi connectivity index (χ0v) is 12.7. The van der Waals surface area contributed by atoms with E-state index in [0.29, 0.717) is 12.1 Å². The Morgan fingerprint density at radius 3 is 3.00 bits per heavy atom. The molecule has 0 radical (unpaired) electrons. The van der Waals surface area contributed by atoms with Crippen molar-refractivity contribution in [2.45, 2.75) is 19.8 Å². The highest BCUT2D eigenvalue weighted by molar-refractivity contribution is 5.95. The summed E-state index contributed by atoms with van der Waals surface area (Å²) >= 11 is 0. The van der Waals surface area contributed by atoms with Gasteiger partial charge >= 0.3 is 0 Å². The predicted molar refractivity (Wildman–Crippen MR) is 79.5 cm³/mol. The van der Waals surface area contributed by atoms with Crippen molar-refractivity contribution in [1.29, 1.82) is 0 Å². The largest absolute Gasteiger partial charge is 0.351 e. The van der Waals surface area contributed by atoms with Crippen LogP contribution in [0.4, 0.5) is 0 Å². The fraction of sp³-hybridized carbons (Fsp3) is 0.357. The SMILES string of the molecule is Cc1c(C(=O)NCC(C)c2nncn2C)cnc2ccnn12. The molecule has 1 amide bonds. The van der Waals surface area contributed by atoms with Gasteiger partial charge in [0.2, 0.25) is 0 Å². The number of amides is 1. The van der Waals surface area contributed by atoms with Crippen LogP contribution >= 0.6 is 0 Å². The van der Waals surface area contributed by atoms with Crippen LogP contribution < -0.4 is 5.32 Å².